The van der Waals surface area contributed by atoms with Crippen molar-refractivity contribution in [2.45, 2.75) is 44.4 Å². The summed E-state index contributed by atoms with van der Waals surface area (Å²) < 4.78 is 21.2. The Hall–Kier alpha value is -2.75. The average Bonchev–Trinajstić information content (AvgIpc) is 3.14. The van der Waals surface area contributed by atoms with Gasteiger partial charge in [0.2, 0.25) is 0 Å². The Kier molecular flexibility index (Phi) is 5.43. The molecule has 2 saturated heterocycles. The van der Waals surface area contributed by atoms with Gasteiger partial charge >= 0.3 is 0 Å². The van der Waals surface area contributed by atoms with Crippen LogP contribution in [0.15, 0.2) is 24.3 Å². The normalized spacial score (nSPS) is 24.2. The summed E-state index contributed by atoms with van der Waals surface area (Å²) in [5.74, 6) is -0.403. The fourth-order valence-corrected chi connectivity index (χ4v) is 6.43. The lowest BCUT2D eigenvalue weighted by atomic mass is 9.87. The first-order valence-corrected chi connectivity index (χ1v) is 12.6. The number of morpholine rings is 2. The molecule has 3 aromatic rings. The van der Waals surface area contributed by atoms with Gasteiger partial charge < -0.3 is 26.0 Å². The van der Waals surface area contributed by atoms with E-state index in [-0.39, 0.29) is 30.0 Å². The summed E-state index contributed by atoms with van der Waals surface area (Å²) in [6.07, 6.45) is 2.26. The van der Waals surface area contributed by atoms with Crippen molar-refractivity contribution in [3.05, 3.63) is 51.8 Å². The van der Waals surface area contributed by atoms with Crippen LogP contribution >= 0.6 is 11.3 Å². The number of hydrogen-bond acceptors (Lipinski definition) is 7. The van der Waals surface area contributed by atoms with Gasteiger partial charge in [0.1, 0.15) is 15.5 Å². The number of aromatic nitrogens is 1. The number of rotatable bonds is 3. The third-order valence-corrected chi connectivity index (χ3v) is 8.22. The second kappa shape index (κ2) is 8.48. The van der Waals surface area contributed by atoms with Crippen molar-refractivity contribution < 1.29 is 13.9 Å². The first kappa shape index (κ1) is 21.8. The zero-order valence-electron chi connectivity index (χ0n) is 19.1. The lowest BCUT2D eigenvalue weighted by Crippen LogP contribution is -2.58. The number of benzene rings is 1. The van der Waals surface area contributed by atoms with Crippen molar-refractivity contribution in [2.24, 2.45) is 0 Å². The zero-order valence-corrected chi connectivity index (χ0v) is 19.9. The molecular weight excluding hydrogens is 453 g/mol. The van der Waals surface area contributed by atoms with Crippen LogP contribution in [-0.2, 0) is 17.6 Å². The largest absolute Gasteiger partial charge is 0.397 e. The van der Waals surface area contributed by atoms with E-state index >= 15 is 4.39 Å². The first-order valence-electron chi connectivity index (χ1n) is 11.8. The summed E-state index contributed by atoms with van der Waals surface area (Å²) in [5, 5.41) is 7.28. The molecular formula is C25H28FN5O2S. The molecule has 2 fully saturated rings. The van der Waals surface area contributed by atoms with E-state index in [2.05, 4.69) is 26.6 Å². The van der Waals surface area contributed by atoms with Crippen LogP contribution in [0.25, 0.3) is 10.2 Å². The average molecular weight is 482 g/mol. The third kappa shape index (κ3) is 3.91. The molecule has 0 radical (unpaired) electrons. The molecule has 3 aliphatic rings. The van der Waals surface area contributed by atoms with Crippen LogP contribution in [-0.4, -0.2) is 55.3 Å². The Morgan fingerprint density at radius 3 is 2.88 bits per heavy atom. The van der Waals surface area contributed by atoms with Crippen LogP contribution in [0.3, 0.4) is 0 Å². The van der Waals surface area contributed by atoms with Crippen LogP contribution in [0.2, 0.25) is 0 Å². The molecule has 3 atom stereocenters. The van der Waals surface area contributed by atoms with E-state index in [1.807, 2.05) is 19.1 Å². The van der Waals surface area contributed by atoms with Crippen LogP contribution < -0.4 is 21.3 Å². The highest BCUT2D eigenvalue weighted by Crippen LogP contribution is 2.34. The fourth-order valence-electron chi connectivity index (χ4n) is 5.39. The smallest absolute Gasteiger partial charge is 0.263 e. The number of nitrogens with zero attached hydrogens (tertiary/aromatic N) is 2. The van der Waals surface area contributed by atoms with Gasteiger partial charge in [-0.1, -0.05) is 0 Å². The van der Waals surface area contributed by atoms with Gasteiger partial charge in [-0.25, -0.2) is 9.37 Å². The number of thiophene rings is 1. The number of carbonyl (C=O) groups excluding carboxylic acids is 1. The molecule has 1 aliphatic carbocycles. The Labute approximate surface area is 201 Å². The van der Waals surface area contributed by atoms with Gasteiger partial charge in [-0.15, -0.1) is 11.3 Å². The van der Waals surface area contributed by atoms with Gasteiger partial charge in [-0.2, -0.15) is 0 Å². The number of fused-ring (bicyclic) bond motifs is 4. The highest BCUT2D eigenvalue weighted by Gasteiger charge is 2.32. The minimum Gasteiger partial charge on any atom is -0.397 e. The summed E-state index contributed by atoms with van der Waals surface area (Å²) in [4.78, 5) is 21.0. The Bertz CT molecular complexity index is 1270. The number of anilines is 2. The molecule has 4 N–H and O–H groups in total. The number of amides is 1. The Morgan fingerprint density at radius 2 is 2.09 bits per heavy atom. The second-order valence-corrected chi connectivity index (χ2v) is 10.6. The van der Waals surface area contributed by atoms with Crippen molar-refractivity contribution >= 4 is 38.8 Å². The quantitative estimate of drug-likeness (QED) is 0.533. The number of nitrogens with two attached hydrogens (primary N) is 1. The van der Waals surface area contributed by atoms with Crippen molar-refractivity contribution in [2.75, 3.05) is 36.8 Å². The van der Waals surface area contributed by atoms with Gasteiger partial charge in [0.05, 0.1) is 17.9 Å². The van der Waals surface area contributed by atoms with Crippen LogP contribution in [0.5, 0.6) is 0 Å². The minimum atomic E-state index is -0.211. The van der Waals surface area contributed by atoms with Crippen molar-refractivity contribution in [3.8, 4) is 0 Å². The summed E-state index contributed by atoms with van der Waals surface area (Å²) in [6, 6.07) is 7.44. The minimum absolute atomic E-state index is 0.131. The molecule has 2 bridgehead atoms. The number of pyridine rings is 1. The molecule has 0 saturated carbocycles. The van der Waals surface area contributed by atoms with E-state index in [9.17, 15) is 4.79 Å². The molecule has 2 unspecified atom stereocenters. The van der Waals surface area contributed by atoms with E-state index in [0.29, 0.717) is 22.5 Å². The molecule has 178 valence electrons. The summed E-state index contributed by atoms with van der Waals surface area (Å²) >= 11 is 1.31. The predicted octanol–water partition coefficient (Wildman–Crippen LogP) is 2.79. The zero-order chi connectivity index (χ0) is 23.4. The van der Waals surface area contributed by atoms with E-state index in [0.717, 1.165) is 66.2 Å². The molecule has 9 heteroatoms. The maximum absolute atomic E-state index is 15.2. The van der Waals surface area contributed by atoms with Gasteiger partial charge in [0.15, 0.2) is 0 Å². The Morgan fingerprint density at radius 1 is 1.29 bits per heavy atom. The number of aryl methyl sites for hydroxylation is 2. The molecule has 6 rings (SSSR count). The van der Waals surface area contributed by atoms with Crippen LogP contribution in [0.1, 0.15) is 32.9 Å². The van der Waals surface area contributed by atoms with Crippen LogP contribution in [0, 0.1) is 12.7 Å². The molecule has 34 heavy (non-hydrogen) atoms. The maximum atomic E-state index is 15.2. The number of nitrogen functional groups attached to an aromatic ring is 1. The van der Waals surface area contributed by atoms with Gasteiger partial charge in [-0.3, -0.25) is 4.79 Å². The lowest BCUT2D eigenvalue weighted by molar-refractivity contribution is -0.0484. The van der Waals surface area contributed by atoms with Gasteiger partial charge in [-0.05, 0) is 61.6 Å². The van der Waals surface area contributed by atoms with Crippen molar-refractivity contribution in [1.82, 2.24) is 15.6 Å². The Balaban J connectivity index is 1.18. The third-order valence-electron chi connectivity index (χ3n) is 7.10. The standard InChI is InChI=1S/C25H28FN5O2S/c1-13-2-5-19-22(27)23(34-25(19)29-13)24(32)30-15-4-3-14-6-16(8-21(26)20(14)7-15)31-11-17-9-28-10-18(12-31)33-17/h2,5-6,8,15,17-18,28H,3-4,7,9-12,27H2,1H3,(H,30,32)/t15-,17?,18?/m1/s1. The van der Waals surface area contributed by atoms with E-state index < -0.39 is 0 Å². The molecule has 1 aromatic carbocycles. The SMILES string of the molecule is Cc1ccc2c(N)c(C(=O)N[C@@H]3CCc4cc(N5CC6CNCC(C5)O6)cc(F)c4C3)sc2n1. The summed E-state index contributed by atoms with van der Waals surface area (Å²) in [6.45, 7) is 5.12. The lowest BCUT2D eigenvalue weighted by Gasteiger charge is -2.43. The summed E-state index contributed by atoms with van der Waals surface area (Å²) in [5.41, 5.74) is 10.3. The monoisotopic (exact) mass is 481 g/mol. The number of halogens is 1. The number of ether oxygens (including phenoxy) is 1. The van der Waals surface area contributed by atoms with Crippen molar-refractivity contribution in [1.29, 1.82) is 0 Å². The van der Waals surface area contributed by atoms with E-state index in [4.69, 9.17) is 10.5 Å². The first-order chi connectivity index (χ1) is 16.4. The number of carbonyl (C=O) groups is 1. The highest BCUT2D eigenvalue weighted by molar-refractivity contribution is 7.21. The number of hydrogen-bond donors (Lipinski definition) is 3. The van der Waals surface area contributed by atoms with Gasteiger partial charge in [0, 0.05) is 49.0 Å². The van der Waals surface area contributed by atoms with Crippen molar-refractivity contribution in [3.63, 3.8) is 0 Å². The molecule has 2 aliphatic heterocycles. The van der Waals surface area contributed by atoms with Gasteiger partial charge in [0.25, 0.3) is 5.91 Å². The van der Waals surface area contributed by atoms with E-state index in [1.165, 1.54) is 11.3 Å². The molecule has 1 amide bonds. The van der Waals surface area contributed by atoms with E-state index in [1.54, 1.807) is 6.07 Å². The predicted molar refractivity (Wildman–Crippen MR) is 132 cm³/mol. The maximum Gasteiger partial charge on any atom is 0.263 e. The number of nitrogens with one attached hydrogen (secondary N) is 2. The summed E-state index contributed by atoms with van der Waals surface area (Å²) in [7, 11) is 0. The highest BCUT2D eigenvalue weighted by atomic mass is 32.1. The molecule has 7 nitrogen and oxygen atoms in total. The topological polar surface area (TPSA) is 92.5 Å². The fraction of sp³-hybridized carbons (Fsp3) is 0.440. The van der Waals surface area contributed by atoms with Crippen LogP contribution in [0.4, 0.5) is 15.8 Å². The molecule has 0 spiro atoms. The second-order valence-electron chi connectivity index (χ2n) is 9.57. The molecule has 2 aromatic heterocycles. The molecule has 4 heterocycles.